The number of nitrogens with one attached hydrogen (secondary N) is 1. The summed E-state index contributed by atoms with van der Waals surface area (Å²) in [5.74, 6) is 1.19. The molecule has 0 radical (unpaired) electrons. The SMILES string of the molecule is Cc1cc2n(n1)[C@@H](C(F)F)C[C@@H](C1CCN(C(=O)CCC3CCCO3)CC1)N2. The summed E-state index contributed by atoms with van der Waals surface area (Å²) in [6.45, 7) is 4.07. The lowest BCUT2D eigenvalue weighted by Gasteiger charge is -2.40. The number of carbonyl (C=O) groups excluding carboxylic acids is 1. The van der Waals surface area contributed by atoms with Crippen molar-refractivity contribution in [3.05, 3.63) is 11.8 Å². The van der Waals surface area contributed by atoms with Gasteiger partial charge in [0, 0.05) is 38.2 Å². The van der Waals surface area contributed by atoms with Crippen LogP contribution in [0.2, 0.25) is 0 Å². The fraction of sp³-hybridized carbons (Fsp3) is 0.800. The number of likely N-dealkylation sites (tertiary alicyclic amines) is 1. The lowest BCUT2D eigenvalue weighted by Crippen LogP contribution is -2.46. The van der Waals surface area contributed by atoms with Gasteiger partial charge in [-0.15, -0.1) is 0 Å². The van der Waals surface area contributed by atoms with E-state index in [1.54, 1.807) is 0 Å². The number of ether oxygens (including phenoxy) is 1. The van der Waals surface area contributed by atoms with Crippen molar-refractivity contribution in [2.45, 2.75) is 76.5 Å². The molecule has 156 valence electrons. The largest absolute Gasteiger partial charge is 0.378 e. The van der Waals surface area contributed by atoms with Gasteiger partial charge in [0.25, 0.3) is 6.43 Å². The first-order valence-corrected chi connectivity index (χ1v) is 10.5. The Kier molecular flexibility index (Phi) is 5.85. The third-order valence-electron chi connectivity index (χ3n) is 6.46. The molecule has 1 unspecified atom stereocenters. The van der Waals surface area contributed by atoms with Crippen LogP contribution in [0.1, 0.15) is 56.7 Å². The predicted octanol–water partition coefficient (Wildman–Crippen LogP) is 3.38. The van der Waals surface area contributed by atoms with Crippen LogP contribution in [0, 0.1) is 12.8 Å². The number of fused-ring (bicyclic) bond motifs is 1. The number of piperidine rings is 1. The number of aryl methyl sites for hydroxylation is 1. The average Bonchev–Trinajstić information content (AvgIpc) is 3.33. The fourth-order valence-corrected chi connectivity index (χ4v) is 4.87. The van der Waals surface area contributed by atoms with Gasteiger partial charge in [-0.05, 0) is 51.4 Å². The lowest BCUT2D eigenvalue weighted by molar-refractivity contribution is -0.133. The van der Waals surface area contributed by atoms with Gasteiger partial charge in [-0.25, -0.2) is 13.5 Å². The first kappa shape index (κ1) is 19.6. The Morgan fingerprint density at radius 3 is 2.82 bits per heavy atom. The minimum absolute atomic E-state index is 0.00624. The zero-order valence-corrected chi connectivity index (χ0v) is 16.4. The smallest absolute Gasteiger partial charge is 0.260 e. The highest BCUT2D eigenvalue weighted by Crippen LogP contribution is 2.37. The summed E-state index contributed by atoms with van der Waals surface area (Å²) in [6, 6.07) is 0.971. The van der Waals surface area contributed by atoms with Crippen molar-refractivity contribution >= 4 is 11.7 Å². The number of carbonyl (C=O) groups is 1. The summed E-state index contributed by atoms with van der Waals surface area (Å²) in [5.41, 5.74) is 0.750. The first-order chi connectivity index (χ1) is 13.5. The van der Waals surface area contributed by atoms with Crippen LogP contribution in [0.15, 0.2) is 6.07 Å². The molecule has 1 amide bonds. The van der Waals surface area contributed by atoms with E-state index in [1.807, 2.05) is 17.9 Å². The highest BCUT2D eigenvalue weighted by atomic mass is 19.3. The van der Waals surface area contributed by atoms with E-state index >= 15 is 0 Å². The van der Waals surface area contributed by atoms with Gasteiger partial charge < -0.3 is 15.0 Å². The number of hydrogen-bond acceptors (Lipinski definition) is 4. The molecule has 0 bridgehead atoms. The topological polar surface area (TPSA) is 59.4 Å². The molecule has 28 heavy (non-hydrogen) atoms. The van der Waals surface area contributed by atoms with Crippen molar-refractivity contribution in [2.75, 3.05) is 25.0 Å². The van der Waals surface area contributed by atoms with Crippen LogP contribution in [0.3, 0.4) is 0 Å². The molecule has 0 spiro atoms. The molecule has 2 saturated heterocycles. The number of alkyl halides is 2. The van der Waals surface area contributed by atoms with E-state index in [0.29, 0.717) is 37.7 Å². The highest BCUT2D eigenvalue weighted by Gasteiger charge is 2.38. The number of aromatic nitrogens is 2. The molecule has 1 aromatic heterocycles. The Balaban J connectivity index is 1.30. The van der Waals surface area contributed by atoms with Gasteiger partial charge in [-0.2, -0.15) is 5.10 Å². The van der Waals surface area contributed by atoms with Crippen molar-refractivity contribution in [2.24, 2.45) is 5.92 Å². The summed E-state index contributed by atoms with van der Waals surface area (Å²) < 4.78 is 34.2. The molecule has 4 heterocycles. The van der Waals surface area contributed by atoms with Crippen LogP contribution in [-0.4, -0.2) is 58.9 Å². The quantitative estimate of drug-likeness (QED) is 0.829. The van der Waals surface area contributed by atoms with Crippen LogP contribution in [0.5, 0.6) is 0 Å². The van der Waals surface area contributed by atoms with Gasteiger partial charge in [0.05, 0.1) is 11.8 Å². The Bertz CT molecular complexity index is 682. The molecule has 2 fully saturated rings. The van der Waals surface area contributed by atoms with E-state index in [1.165, 1.54) is 4.68 Å². The maximum atomic E-state index is 13.6. The predicted molar refractivity (Wildman–Crippen MR) is 102 cm³/mol. The molecule has 0 aliphatic carbocycles. The molecule has 6 nitrogen and oxygen atoms in total. The second kappa shape index (κ2) is 8.35. The number of hydrogen-bond donors (Lipinski definition) is 1. The van der Waals surface area contributed by atoms with E-state index in [-0.39, 0.29) is 18.1 Å². The lowest BCUT2D eigenvalue weighted by atomic mass is 9.85. The van der Waals surface area contributed by atoms with E-state index in [4.69, 9.17) is 4.74 Å². The number of nitrogens with zero attached hydrogens (tertiary/aromatic N) is 3. The number of rotatable bonds is 5. The van der Waals surface area contributed by atoms with Crippen LogP contribution < -0.4 is 5.32 Å². The maximum absolute atomic E-state index is 13.6. The molecule has 1 aromatic rings. The minimum atomic E-state index is -2.43. The average molecular weight is 396 g/mol. The van der Waals surface area contributed by atoms with Crippen molar-refractivity contribution in [3.8, 4) is 0 Å². The molecular weight excluding hydrogens is 366 g/mol. The summed E-state index contributed by atoms with van der Waals surface area (Å²) in [4.78, 5) is 14.4. The van der Waals surface area contributed by atoms with Gasteiger partial charge >= 0.3 is 0 Å². The van der Waals surface area contributed by atoms with Gasteiger partial charge in [-0.3, -0.25) is 4.79 Å². The molecule has 0 saturated carbocycles. The molecular formula is C20H30F2N4O2. The second-order valence-corrected chi connectivity index (χ2v) is 8.40. The van der Waals surface area contributed by atoms with Crippen LogP contribution >= 0.6 is 0 Å². The molecule has 4 rings (SSSR count). The molecule has 3 atom stereocenters. The van der Waals surface area contributed by atoms with Gasteiger partial charge in [0.15, 0.2) is 0 Å². The van der Waals surface area contributed by atoms with E-state index in [2.05, 4.69) is 10.4 Å². The Morgan fingerprint density at radius 2 is 2.14 bits per heavy atom. The third kappa shape index (κ3) is 4.16. The monoisotopic (exact) mass is 396 g/mol. The number of anilines is 1. The summed E-state index contributed by atoms with van der Waals surface area (Å²) in [5, 5.41) is 7.66. The zero-order chi connectivity index (χ0) is 19.7. The maximum Gasteiger partial charge on any atom is 0.260 e. The summed E-state index contributed by atoms with van der Waals surface area (Å²) in [7, 11) is 0. The minimum Gasteiger partial charge on any atom is -0.378 e. The molecule has 1 N–H and O–H groups in total. The summed E-state index contributed by atoms with van der Waals surface area (Å²) in [6.07, 6.45) is 3.41. The highest BCUT2D eigenvalue weighted by molar-refractivity contribution is 5.76. The van der Waals surface area contributed by atoms with Crippen molar-refractivity contribution in [3.63, 3.8) is 0 Å². The molecule has 3 aliphatic rings. The van der Waals surface area contributed by atoms with Crippen molar-refractivity contribution < 1.29 is 18.3 Å². The van der Waals surface area contributed by atoms with Crippen LogP contribution in [-0.2, 0) is 9.53 Å². The van der Waals surface area contributed by atoms with Crippen molar-refractivity contribution in [1.82, 2.24) is 14.7 Å². The van der Waals surface area contributed by atoms with Crippen LogP contribution in [0.25, 0.3) is 0 Å². The summed E-state index contributed by atoms with van der Waals surface area (Å²) >= 11 is 0. The van der Waals surface area contributed by atoms with Gasteiger partial charge in [-0.1, -0.05) is 0 Å². The standard InChI is InChI=1S/C20H30F2N4O2/c1-13-11-18-23-16(12-17(20(21)22)26(18)24-13)14-6-8-25(9-7-14)19(27)5-4-15-3-2-10-28-15/h11,14-17,20,23H,2-10,12H2,1H3/t15?,16-,17+/m0/s1. The number of halogens is 2. The Hall–Kier alpha value is -1.70. The van der Waals surface area contributed by atoms with Crippen molar-refractivity contribution in [1.29, 1.82) is 0 Å². The third-order valence-corrected chi connectivity index (χ3v) is 6.46. The fourth-order valence-electron chi connectivity index (χ4n) is 4.87. The normalized spacial score (nSPS) is 28.4. The van der Waals surface area contributed by atoms with E-state index < -0.39 is 12.5 Å². The molecule has 0 aromatic carbocycles. The van der Waals surface area contributed by atoms with Gasteiger partial charge in [0.2, 0.25) is 5.91 Å². The van der Waals surface area contributed by atoms with E-state index in [0.717, 1.165) is 44.4 Å². The zero-order valence-electron chi connectivity index (χ0n) is 16.4. The Morgan fingerprint density at radius 1 is 1.36 bits per heavy atom. The molecule has 8 heteroatoms. The van der Waals surface area contributed by atoms with Gasteiger partial charge in [0.1, 0.15) is 11.9 Å². The van der Waals surface area contributed by atoms with Crippen LogP contribution in [0.4, 0.5) is 14.6 Å². The van der Waals surface area contributed by atoms with E-state index in [9.17, 15) is 13.6 Å². The first-order valence-electron chi connectivity index (χ1n) is 10.5. The second-order valence-electron chi connectivity index (χ2n) is 8.40. The Labute approximate surface area is 164 Å². The number of amides is 1. The molecule has 3 aliphatic heterocycles.